The van der Waals surface area contributed by atoms with E-state index in [0.29, 0.717) is 12.8 Å². The summed E-state index contributed by atoms with van der Waals surface area (Å²) in [6.45, 7) is 8.28. The Morgan fingerprint density at radius 2 is 1.80 bits per heavy atom. The molecule has 1 rings (SSSR count). The molecule has 0 aliphatic heterocycles. The van der Waals surface area contributed by atoms with Gasteiger partial charge in [0, 0.05) is 6.04 Å². The predicted octanol–water partition coefficient (Wildman–Crippen LogP) is 1.91. The highest BCUT2D eigenvalue weighted by molar-refractivity contribution is 5.77. The molecule has 20 heavy (non-hydrogen) atoms. The number of alkyl carbamates (subject to hydrolysis) is 1. The van der Waals surface area contributed by atoms with Gasteiger partial charge in [-0.05, 0) is 53.9 Å². The van der Waals surface area contributed by atoms with Crippen molar-refractivity contribution < 1.29 is 24.5 Å². The number of hydrogen-bond donors (Lipinski definition) is 3. The molecule has 0 aromatic rings. The maximum absolute atomic E-state index is 11.7. The minimum Gasteiger partial charge on any atom is -0.481 e. The Hall–Kier alpha value is -1.30. The van der Waals surface area contributed by atoms with Crippen LogP contribution in [0.4, 0.5) is 4.79 Å². The molecule has 6 nitrogen and oxygen atoms in total. The van der Waals surface area contributed by atoms with Crippen LogP contribution < -0.4 is 5.32 Å². The van der Waals surface area contributed by atoms with Gasteiger partial charge in [-0.2, -0.15) is 0 Å². The van der Waals surface area contributed by atoms with Crippen molar-refractivity contribution in [2.24, 2.45) is 5.41 Å². The zero-order chi connectivity index (χ0) is 15.8. The number of ether oxygens (including phenoxy) is 1. The molecule has 0 saturated heterocycles. The Kier molecular flexibility index (Phi) is 4.39. The number of amides is 1. The van der Waals surface area contributed by atoms with Gasteiger partial charge < -0.3 is 20.3 Å². The Morgan fingerprint density at radius 1 is 1.25 bits per heavy atom. The highest BCUT2D eigenvalue weighted by atomic mass is 16.6. The van der Waals surface area contributed by atoms with Crippen LogP contribution in [0.15, 0.2) is 0 Å². The summed E-state index contributed by atoms with van der Waals surface area (Å²) in [5, 5.41) is 22.3. The van der Waals surface area contributed by atoms with E-state index in [9.17, 15) is 19.8 Å². The summed E-state index contributed by atoms with van der Waals surface area (Å²) < 4.78 is 5.15. The molecule has 0 unspecified atom stereocenters. The predicted molar refractivity (Wildman–Crippen MR) is 73.4 cm³/mol. The summed E-state index contributed by atoms with van der Waals surface area (Å²) in [5.41, 5.74) is -3.17. The van der Waals surface area contributed by atoms with Crippen LogP contribution >= 0.6 is 0 Å². The first-order valence-electron chi connectivity index (χ1n) is 6.83. The molecular formula is C14H25NO5. The van der Waals surface area contributed by atoms with E-state index in [1.807, 2.05) is 0 Å². The van der Waals surface area contributed by atoms with Crippen LogP contribution in [0, 0.1) is 5.41 Å². The van der Waals surface area contributed by atoms with Gasteiger partial charge in [0.2, 0.25) is 0 Å². The minimum absolute atomic E-state index is 0.199. The SMILES string of the molecule is CC(C)(C)OC(=O)N[C@@H]1CC[C@@](C(=O)O)(C(C)(C)O)C1. The van der Waals surface area contributed by atoms with Gasteiger partial charge in [0.15, 0.2) is 0 Å². The number of carbonyl (C=O) groups excluding carboxylic acids is 1. The van der Waals surface area contributed by atoms with Gasteiger partial charge in [-0.1, -0.05) is 0 Å². The van der Waals surface area contributed by atoms with Crippen molar-refractivity contribution in [3.05, 3.63) is 0 Å². The number of aliphatic hydroxyl groups is 1. The summed E-state index contributed by atoms with van der Waals surface area (Å²) in [6.07, 6.45) is 0.479. The fourth-order valence-corrected chi connectivity index (χ4v) is 2.65. The lowest BCUT2D eigenvalue weighted by atomic mass is 9.72. The van der Waals surface area contributed by atoms with E-state index in [1.165, 1.54) is 13.8 Å². The van der Waals surface area contributed by atoms with Crippen LogP contribution in [-0.4, -0.2) is 39.5 Å². The highest BCUT2D eigenvalue weighted by Gasteiger charge is 2.55. The van der Waals surface area contributed by atoms with Crippen LogP contribution in [0.25, 0.3) is 0 Å². The van der Waals surface area contributed by atoms with Crippen LogP contribution in [-0.2, 0) is 9.53 Å². The monoisotopic (exact) mass is 287 g/mol. The van der Waals surface area contributed by atoms with Gasteiger partial charge in [0.25, 0.3) is 0 Å². The van der Waals surface area contributed by atoms with Crippen molar-refractivity contribution in [2.75, 3.05) is 0 Å². The molecule has 1 amide bonds. The van der Waals surface area contributed by atoms with Gasteiger partial charge in [0.1, 0.15) is 5.60 Å². The van der Waals surface area contributed by atoms with Crippen LogP contribution in [0.5, 0.6) is 0 Å². The Morgan fingerprint density at radius 3 is 2.15 bits per heavy atom. The van der Waals surface area contributed by atoms with E-state index in [0.717, 1.165) is 0 Å². The van der Waals surface area contributed by atoms with Crippen molar-refractivity contribution >= 4 is 12.1 Å². The molecule has 0 spiro atoms. The zero-order valence-corrected chi connectivity index (χ0v) is 12.8. The average molecular weight is 287 g/mol. The number of carboxylic acid groups (broad SMARTS) is 1. The third kappa shape index (κ3) is 3.62. The maximum atomic E-state index is 11.7. The third-order valence-electron chi connectivity index (χ3n) is 3.82. The van der Waals surface area contributed by atoms with Crippen molar-refractivity contribution in [3.63, 3.8) is 0 Å². The van der Waals surface area contributed by atoms with Crippen LogP contribution in [0.1, 0.15) is 53.9 Å². The Bertz CT molecular complexity index is 393. The molecule has 2 atom stereocenters. The summed E-state index contributed by atoms with van der Waals surface area (Å²) in [7, 11) is 0. The van der Waals surface area contributed by atoms with Crippen molar-refractivity contribution in [1.82, 2.24) is 5.32 Å². The quantitative estimate of drug-likeness (QED) is 0.737. The van der Waals surface area contributed by atoms with Crippen LogP contribution in [0.3, 0.4) is 0 Å². The fraction of sp³-hybridized carbons (Fsp3) is 0.857. The maximum Gasteiger partial charge on any atom is 0.407 e. The highest BCUT2D eigenvalue weighted by Crippen LogP contribution is 2.46. The molecule has 6 heteroatoms. The molecule has 0 heterocycles. The molecule has 1 aliphatic carbocycles. The van der Waals surface area contributed by atoms with E-state index in [1.54, 1.807) is 20.8 Å². The molecule has 0 bridgehead atoms. The number of aliphatic carboxylic acids is 1. The normalized spacial score (nSPS) is 27.2. The summed E-state index contributed by atoms with van der Waals surface area (Å²) in [5.74, 6) is -1.03. The van der Waals surface area contributed by atoms with Crippen molar-refractivity contribution in [2.45, 2.75) is 71.1 Å². The lowest BCUT2D eigenvalue weighted by Gasteiger charge is -2.36. The number of rotatable bonds is 3. The summed E-state index contributed by atoms with van der Waals surface area (Å²) in [4.78, 5) is 23.2. The van der Waals surface area contributed by atoms with Crippen molar-refractivity contribution in [3.8, 4) is 0 Å². The first kappa shape index (κ1) is 16.8. The Labute approximate surface area is 119 Å². The molecule has 1 saturated carbocycles. The number of carbonyl (C=O) groups is 2. The standard InChI is InChI=1S/C14H25NO5/c1-12(2,3)20-11(18)15-9-6-7-14(8-9,10(16)17)13(4,5)19/h9,19H,6-8H2,1-5H3,(H,15,18)(H,16,17)/t9-,14-/m1/s1. The molecule has 0 aromatic carbocycles. The zero-order valence-electron chi connectivity index (χ0n) is 12.8. The molecular weight excluding hydrogens is 262 g/mol. The molecule has 0 aromatic heterocycles. The molecule has 0 radical (unpaired) electrons. The third-order valence-corrected chi connectivity index (χ3v) is 3.82. The van der Waals surface area contributed by atoms with Gasteiger partial charge in [-0.3, -0.25) is 4.79 Å². The molecule has 3 N–H and O–H groups in total. The molecule has 1 fully saturated rings. The number of carboxylic acids is 1. The summed E-state index contributed by atoms with van der Waals surface area (Å²) in [6, 6.07) is -0.299. The van der Waals surface area contributed by atoms with Gasteiger partial charge in [-0.25, -0.2) is 4.79 Å². The molecule has 116 valence electrons. The molecule has 1 aliphatic rings. The van der Waals surface area contributed by atoms with Gasteiger partial charge in [-0.15, -0.1) is 0 Å². The first-order chi connectivity index (χ1) is 8.87. The first-order valence-corrected chi connectivity index (χ1v) is 6.83. The largest absolute Gasteiger partial charge is 0.481 e. The van der Waals surface area contributed by atoms with E-state index in [-0.39, 0.29) is 12.5 Å². The number of hydrogen-bond acceptors (Lipinski definition) is 4. The van der Waals surface area contributed by atoms with Crippen molar-refractivity contribution in [1.29, 1.82) is 0 Å². The topological polar surface area (TPSA) is 95.9 Å². The second-order valence-corrected chi connectivity index (χ2v) is 7.03. The Balaban J connectivity index is 2.71. The van der Waals surface area contributed by atoms with Crippen LogP contribution in [0.2, 0.25) is 0 Å². The van der Waals surface area contributed by atoms with E-state index < -0.39 is 28.7 Å². The second-order valence-electron chi connectivity index (χ2n) is 7.03. The van der Waals surface area contributed by atoms with Gasteiger partial charge >= 0.3 is 12.1 Å². The fourth-order valence-electron chi connectivity index (χ4n) is 2.65. The van der Waals surface area contributed by atoms with E-state index in [4.69, 9.17) is 4.74 Å². The lowest BCUT2D eigenvalue weighted by molar-refractivity contribution is -0.164. The second kappa shape index (κ2) is 5.24. The lowest BCUT2D eigenvalue weighted by Crippen LogP contribution is -2.49. The average Bonchev–Trinajstić information content (AvgIpc) is 2.58. The van der Waals surface area contributed by atoms with E-state index >= 15 is 0 Å². The van der Waals surface area contributed by atoms with Gasteiger partial charge in [0.05, 0.1) is 11.0 Å². The smallest absolute Gasteiger partial charge is 0.407 e. The van der Waals surface area contributed by atoms with E-state index in [2.05, 4.69) is 5.32 Å². The minimum atomic E-state index is -1.34. The number of nitrogens with one attached hydrogen (secondary N) is 1. The summed E-state index contributed by atoms with van der Waals surface area (Å²) >= 11 is 0.